The van der Waals surface area contributed by atoms with E-state index in [1.165, 1.54) is 31.4 Å². The highest BCUT2D eigenvalue weighted by Gasteiger charge is 2.36. The zero-order valence-corrected chi connectivity index (χ0v) is 15.7. The molecule has 7 heteroatoms. The monoisotopic (exact) mass is 396 g/mol. The van der Waals surface area contributed by atoms with Crippen molar-refractivity contribution in [1.29, 1.82) is 0 Å². The van der Waals surface area contributed by atoms with Crippen LogP contribution >= 0.6 is 24.0 Å². The lowest BCUT2D eigenvalue weighted by Gasteiger charge is -2.41. The molecule has 2 nitrogen and oxygen atoms in total. The molecule has 3 rings (SSSR count). The summed E-state index contributed by atoms with van der Waals surface area (Å²) in [6, 6.07) is 4.55. The summed E-state index contributed by atoms with van der Waals surface area (Å²) in [4.78, 5) is 2.36. The third-order valence-electron chi connectivity index (χ3n) is 5.28. The number of benzene rings is 1. The van der Waals surface area contributed by atoms with E-state index in [0.717, 1.165) is 44.6 Å². The van der Waals surface area contributed by atoms with Crippen molar-refractivity contribution in [3.8, 4) is 0 Å². The SMILES string of the molecule is Cl.FC(F)(F)c1cc([C@@H](C2CCCCC2)N2CCNCC2)ccc1Cl. The molecular weight excluding hydrogens is 372 g/mol. The summed E-state index contributed by atoms with van der Waals surface area (Å²) in [5.74, 6) is 0.430. The molecule has 0 spiro atoms. The van der Waals surface area contributed by atoms with Gasteiger partial charge in [0.1, 0.15) is 0 Å². The first kappa shape index (κ1) is 20.8. The maximum Gasteiger partial charge on any atom is 0.417 e. The zero-order chi connectivity index (χ0) is 17.2. The van der Waals surface area contributed by atoms with Gasteiger partial charge in [-0.1, -0.05) is 36.9 Å². The Labute approximate surface area is 158 Å². The number of hydrogen-bond acceptors (Lipinski definition) is 2. The van der Waals surface area contributed by atoms with Crippen LogP contribution in [0.15, 0.2) is 18.2 Å². The second kappa shape index (κ2) is 8.94. The molecule has 0 bridgehead atoms. The molecule has 25 heavy (non-hydrogen) atoms. The van der Waals surface area contributed by atoms with Crippen molar-refractivity contribution >= 4 is 24.0 Å². The number of nitrogens with zero attached hydrogens (tertiary/aromatic N) is 1. The predicted molar refractivity (Wildman–Crippen MR) is 97.5 cm³/mol. The van der Waals surface area contributed by atoms with Crippen molar-refractivity contribution < 1.29 is 13.2 Å². The van der Waals surface area contributed by atoms with E-state index in [9.17, 15) is 13.2 Å². The van der Waals surface area contributed by atoms with Crippen LogP contribution in [-0.4, -0.2) is 31.1 Å². The van der Waals surface area contributed by atoms with E-state index in [0.29, 0.717) is 5.92 Å². The van der Waals surface area contributed by atoms with Crippen molar-refractivity contribution in [1.82, 2.24) is 10.2 Å². The van der Waals surface area contributed by atoms with Gasteiger partial charge in [-0.2, -0.15) is 13.2 Å². The Hall–Kier alpha value is -0.490. The minimum atomic E-state index is -4.41. The predicted octanol–water partition coefficient (Wildman–Crippen LogP) is 5.31. The second-order valence-electron chi connectivity index (χ2n) is 6.87. The molecule has 0 unspecified atom stereocenters. The topological polar surface area (TPSA) is 15.3 Å². The molecule has 1 heterocycles. The molecule has 2 fully saturated rings. The van der Waals surface area contributed by atoms with E-state index < -0.39 is 11.7 Å². The van der Waals surface area contributed by atoms with Gasteiger partial charge < -0.3 is 5.32 Å². The van der Waals surface area contributed by atoms with Crippen molar-refractivity contribution in [3.05, 3.63) is 34.3 Å². The van der Waals surface area contributed by atoms with Gasteiger partial charge in [0.25, 0.3) is 0 Å². The number of alkyl halides is 3. The average Bonchev–Trinajstić information content (AvgIpc) is 2.57. The summed E-state index contributed by atoms with van der Waals surface area (Å²) >= 11 is 5.81. The number of rotatable bonds is 3. The third-order valence-corrected chi connectivity index (χ3v) is 5.61. The highest BCUT2D eigenvalue weighted by Crippen LogP contribution is 2.42. The van der Waals surface area contributed by atoms with Crippen molar-refractivity contribution in [3.63, 3.8) is 0 Å². The fraction of sp³-hybridized carbons (Fsp3) is 0.667. The van der Waals surface area contributed by atoms with Crippen LogP contribution in [-0.2, 0) is 6.18 Å². The molecule has 1 saturated carbocycles. The first-order valence-corrected chi connectivity index (χ1v) is 9.16. The van der Waals surface area contributed by atoms with Crippen molar-refractivity contribution in [2.75, 3.05) is 26.2 Å². The van der Waals surface area contributed by atoms with Gasteiger partial charge in [-0.3, -0.25) is 4.90 Å². The molecule has 1 atom stereocenters. The fourth-order valence-corrected chi connectivity index (χ4v) is 4.36. The number of halogens is 5. The molecule has 1 aromatic rings. The normalized spacial score (nSPS) is 21.6. The minimum absolute atomic E-state index is 0. The largest absolute Gasteiger partial charge is 0.417 e. The highest BCUT2D eigenvalue weighted by molar-refractivity contribution is 6.31. The standard InChI is InChI=1S/C18H24ClF3N2.ClH/c19-16-7-6-14(12-15(16)18(20,21)22)17(13-4-2-1-3-5-13)24-10-8-23-9-11-24;/h6-7,12-13,17,23H,1-5,8-11H2;1H/t17-;/m1./s1. The zero-order valence-electron chi connectivity index (χ0n) is 14.1. The lowest BCUT2D eigenvalue weighted by Crippen LogP contribution is -2.47. The summed E-state index contributed by atoms with van der Waals surface area (Å²) in [6.45, 7) is 3.54. The van der Waals surface area contributed by atoms with Crippen LogP contribution in [0.1, 0.15) is 49.3 Å². The molecule has 0 amide bonds. The number of piperazine rings is 1. The van der Waals surface area contributed by atoms with Crippen molar-refractivity contribution in [2.45, 2.75) is 44.3 Å². The summed E-state index contributed by atoms with van der Waals surface area (Å²) in [5.41, 5.74) is 0.0538. The van der Waals surface area contributed by atoms with Gasteiger partial charge in [0.2, 0.25) is 0 Å². The van der Waals surface area contributed by atoms with Crippen molar-refractivity contribution in [2.24, 2.45) is 5.92 Å². The number of hydrogen-bond donors (Lipinski definition) is 1. The van der Waals surface area contributed by atoms with E-state index in [2.05, 4.69) is 10.2 Å². The molecule has 2 aliphatic rings. The molecule has 142 valence electrons. The first-order valence-electron chi connectivity index (χ1n) is 8.78. The van der Waals surface area contributed by atoms with E-state index >= 15 is 0 Å². The lowest BCUT2D eigenvalue weighted by molar-refractivity contribution is -0.137. The van der Waals surface area contributed by atoms with Gasteiger partial charge in [0.05, 0.1) is 10.6 Å². The van der Waals surface area contributed by atoms with Gasteiger partial charge in [-0.15, -0.1) is 12.4 Å². The van der Waals surface area contributed by atoms with Gasteiger partial charge in [0, 0.05) is 32.2 Å². The van der Waals surface area contributed by atoms with Gasteiger partial charge in [0.15, 0.2) is 0 Å². The minimum Gasteiger partial charge on any atom is -0.314 e. The summed E-state index contributed by atoms with van der Waals surface area (Å²) in [6.07, 6.45) is 1.37. The first-order chi connectivity index (χ1) is 11.5. The molecule has 0 radical (unpaired) electrons. The van der Waals surface area contributed by atoms with Gasteiger partial charge in [-0.05, 0) is 36.5 Å². The van der Waals surface area contributed by atoms with E-state index in [-0.39, 0.29) is 23.5 Å². The number of nitrogens with one attached hydrogen (secondary N) is 1. The molecule has 1 aromatic carbocycles. The Morgan fingerprint density at radius 2 is 1.72 bits per heavy atom. The van der Waals surface area contributed by atoms with Gasteiger partial charge >= 0.3 is 6.18 Å². The van der Waals surface area contributed by atoms with E-state index in [1.54, 1.807) is 6.07 Å². The average molecular weight is 397 g/mol. The quantitative estimate of drug-likeness (QED) is 0.744. The molecular formula is C18H25Cl2F3N2. The smallest absolute Gasteiger partial charge is 0.314 e. The van der Waals surface area contributed by atoms with Crippen LogP contribution in [0.4, 0.5) is 13.2 Å². The maximum atomic E-state index is 13.3. The summed E-state index contributed by atoms with van der Waals surface area (Å²) in [5, 5.41) is 3.11. The molecule has 1 N–H and O–H groups in total. The molecule has 1 aliphatic heterocycles. The summed E-state index contributed by atoms with van der Waals surface area (Å²) in [7, 11) is 0. The lowest BCUT2D eigenvalue weighted by atomic mass is 9.80. The second-order valence-corrected chi connectivity index (χ2v) is 7.27. The Morgan fingerprint density at radius 3 is 2.32 bits per heavy atom. The van der Waals surface area contributed by atoms with Crippen LogP contribution in [0, 0.1) is 5.92 Å². The Bertz CT molecular complexity index is 536. The Balaban J connectivity index is 0.00000225. The van der Waals surface area contributed by atoms with Gasteiger partial charge in [-0.25, -0.2) is 0 Å². The third kappa shape index (κ3) is 5.03. The van der Waals surface area contributed by atoms with Crippen LogP contribution in [0.5, 0.6) is 0 Å². The fourth-order valence-electron chi connectivity index (χ4n) is 4.14. The van der Waals surface area contributed by atoms with Crippen LogP contribution in [0.2, 0.25) is 5.02 Å². The Morgan fingerprint density at radius 1 is 1.08 bits per heavy atom. The molecule has 0 aromatic heterocycles. The van der Waals surface area contributed by atoms with Crippen LogP contribution < -0.4 is 5.32 Å². The summed E-state index contributed by atoms with van der Waals surface area (Å²) < 4.78 is 39.8. The molecule has 1 aliphatic carbocycles. The maximum absolute atomic E-state index is 13.3. The molecule has 1 saturated heterocycles. The van der Waals surface area contributed by atoms with Crippen LogP contribution in [0.25, 0.3) is 0 Å². The Kier molecular flexibility index (Phi) is 7.44. The van der Waals surface area contributed by atoms with E-state index in [1.807, 2.05) is 0 Å². The highest BCUT2D eigenvalue weighted by atomic mass is 35.5. The van der Waals surface area contributed by atoms with Crippen LogP contribution in [0.3, 0.4) is 0 Å². The van der Waals surface area contributed by atoms with E-state index in [4.69, 9.17) is 11.6 Å².